The summed E-state index contributed by atoms with van der Waals surface area (Å²) in [5.41, 5.74) is 0. The molecule has 114 valence electrons. The van der Waals surface area contributed by atoms with Crippen LogP contribution in [0.2, 0.25) is 0 Å². The predicted molar refractivity (Wildman–Crippen MR) is 71.0 cm³/mol. The van der Waals surface area contributed by atoms with Crippen LogP contribution in [0.5, 0.6) is 0 Å². The molecule has 1 fully saturated rings. The zero-order valence-corrected chi connectivity index (χ0v) is 11.7. The van der Waals surface area contributed by atoms with E-state index in [-0.39, 0.29) is 24.8 Å². The first-order valence-electron chi connectivity index (χ1n) is 6.82. The number of carbonyl (C=O) groups excluding carboxylic acids is 2. The smallest absolute Gasteiger partial charge is 0.307 e. The molecule has 0 unspecified atom stereocenters. The van der Waals surface area contributed by atoms with Crippen LogP contribution in [0.15, 0.2) is 0 Å². The average molecular weight is 286 g/mol. The van der Waals surface area contributed by atoms with Gasteiger partial charge in [0.1, 0.15) is 0 Å². The van der Waals surface area contributed by atoms with Crippen LogP contribution < -0.4 is 10.6 Å². The van der Waals surface area contributed by atoms with E-state index in [1.165, 1.54) is 0 Å². The van der Waals surface area contributed by atoms with Gasteiger partial charge in [-0.2, -0.15) is 0 Å². The molecular formula is C13H22N2O5. The fraction of sp³-hybridized carbons (Fsp3) is 0.769. The lowest BCUT2D eigenvalue weighted by Gasteiger charge is -2.15. The lowest BCUT2D eigenvalue weighted by Crippen LogP contribution is -2.37. The van der Waals surface area contributed by atoms with Crippen LogP contribution in [0, 0.1) is 11.8 Å². The maximum atomic E-state index is 11.9. The predicted octanol–water partition coefficient (Wildman–Crippen LogP) is -0.244. The molecule has 1 rings (SSSR count). The normalized spacial score (nSPS) is 21.4. The number of hydrogen-bond acceptors (Lipinski definition) is 4. The van der Waals surface area contributed by atoms with Crippen LogP contribution in [0.4, 0.5) is 0 Å². The lowest BCUT2D eigenvalue weighted by atomic mass is 9.95. The van der Waals surface area contributed by atoms with Gasteiger partial charge in [0.05, 0.1) is 18.4 Å². The summed E-state index contributed by atoms with van der Waals surface area (Å²) in [5, 5.41) is 14.3. The van der Waals surface area contributed by atoms with E-state index < -0.39 is 17.8 Å². The van der Waals surface area contributed by atoms with Crippen LogP contribution in [0.3, 0.4) is 0 Å². The van der Waals surface area contributed by atoms with Crippen LogP contribution in [0.25, 0.3) is 0 Å². The Kier molecular flexibility index (Phi) is 7.00. The van der Waals surface area contributed by atoms with Crippen LogP contribution in [-0.2, 0) is 19.1 Å². The number of ether oxygens (including phenoxy) is 1. The molecule has 0 radical (unpaired) electrons. The van der Waals surface area contributed by atoms with Crippen molar-refractivity contribution in [1.29, 1.82) is 0 Å². The van der Waals surface area contributed by atoms with Gasteiger partial charge in [0, 0.05) is 26.6 Å². The van der Waals surface area contributed by atoms with Gasteiger partial charge in [-0.15, -0.1) is 0 Å². The van der Waals surface area contributed by atoms with Crippen molar-refractivity contribution in [1.82, 2.24) is 10.6 Å². The van der Waals surface area contributed by atoms with Crippen molar-refractivity contribution in [3.63, 3.8) is 0 Å². The number of rotatable bonds is 8. The quantitative estimate of drug-likeness (QED) is 0.534. The van der Waals surface area contributed by atoms with Crippen LogP contribution in [-0.4, -0.2) is 49.7 Å². The summed E-state index contributed by atoms with van der Waals surface area (Å²) in [6, 6.07) is 0. The molecule has 1 aliphatic carbocycles. The van der Waals surface area contributed by atoms with Crippen molar-refractivity contribution in [2.45, 2.75) is 25.7 Å². The maximum absolute atomic E-state index is 11.9. The number of carboxylic acid groups (broad SMARTS) is 1. The molecular weight excluding hydrogens is 264 g/mol. The molecule has 1 aliphatic rings. The highest BCUT2D eigenvalue weighted by atomic mass is 16.5. The van der Waals surface area contributed by atoms with Crippen molar-refractivity contribution in [3.8, 4) is 0 Å². The Labute approximate surface area is 118 Å². The summed E-state index contributed by atoms with van der Waals surface area (Å²) < 4.78 is 4.80. The summed E-state index contributed by atoms with van der Waals surface area (Å²) in [7, 11) is 1.55. The molecule has 1 saturated carbocycles. The first kappa shape index (κ1) is 16.4. The van der Waals surface area contributed by atoms with E-state index in [0.29, 0.717) is 26.0 Å². The van der Waals surface area contributed by atoms with Gasteiger partial charge in [0.15, 0.2) is 0 Å². The molecule has 7 nitrogen and oxygen atoms in total. The molecule has 0 heterocycles. The number of nitrogens with one attached hydrogen (secondary N) is 2. The molecule has 20 heavy (non-hydrogen) atoms. The molecule has 2 atom stereocenters. The molecule has 7 heteroatoms. The topological polar surface area (TPSA) is 105 Å². The minimum absolute atomic E-state index is 0.163. The lowest BCUT2D eigenvalue weighted by molar-refractivity contribution is -0.146. The van der Waals surface area contributed by atoms with E-state index in [1.54, 1.807) is 7.11 Å². The number of amides is 2. The molecule has 0 saturated heterocycles. The standard InChI is InChI=1S/C13H22N2O5/c1-20-8-7-14-11(16)5-6-15-12(17)9-3-2-4-10(9)13(18)19/h9-10H,2-8H2,1H3,(H,14,16)(H,15,17)(H,18,19)/t9-,10+/m1/s1. The van der Waals surface area contributed by atoms with E-state index in [1.807, 2.05) is 0 Å². The summed E-state index contributed by atoms with van der Waals surface area (Å²) in [6.45, 7) is 1.11. The molecule has 3 N–H and O–H groups in total. The van der Waals surface area contributed by atoms with E-state index in [2.05, 4.69) is 10.6 Å². The van der Waals surface area contributed by atoms with Crippen molar-refractivity contribution in [3.05, 3.63) is 0 Å². The van der Waals surface area contributed by atoms with Gasteiger partial charge in [0.25, 0.3) is 0 Å². The third-order valence-electron chi connectivity index (χ3n) is 3.45. The molecule has 0 aromatic carbocycles. The molecule has 0 aliphatic heterocycles. The first-order chi connectivity index (χ1) is 9.56. The van der Waals surface area contributed by atoms with Crippen molar-refractivity contribution < 1.29 is 24.2 Å². The highest BCUT2D eigenvalue weighted by Crippen LogP contribution is 2.31. The highest BCUT2D eigenvalue weighted by molar-refractivity contribution is 5.85. The van der Waals surface area contributed by atoms with Gasteiger partial charge in [0.2, 0.25) is 11.8 Å². The fourth-order valence-corrected chi connectivity index (χ4v) is 2.38. The fourth-order valence-electron chi connectivity index (χ4n) is 2.38. The Morgan fingerprint density at radius 1 is 1.15 bits per heavy atom. The summed E-state index contributed by atoms with van der Waals surface area (Å²) >= 11 is 0. The van der Waals surface area contributed by atoms with Gasteiger partial charge >= 0.3 is 5.97 Å². The van der Waals surface area contributed by atoms with Crippen molar-refractivity contribution >= 4 is 17.8 Å². The Balaban J connectivity index is 2.23. The number of carboxylic acids is 1. The molecule has 0 spiro atoms. The van der Waals surface area contributed by atoms with Gasteiger partial charge < -0.3 is 20.5 Å². The zero-order chi connectivity index (χ0) is 15.0. The Hall–Kier alpha value is -1.63. The zero-order valence-electron chi connectivity index (χ0n) is 11.7. The molecule has 0 bridgehead atoms. The minimum Gasteiger partial charge on any atom is -0.481 e. The number of hydrogen-bond donors (Lipinski definition) is 3. The second kappa shape index (κ2) is 8.52. The SMILES string of the molecule is COCCNC(=O)CCNC(=O)[C@@H]1CCC[C@@H]1C(=O)O. The minimum atomic E-state index is -0.917. The maximum Gasteiger partial charge on any atom is 0.307 e. The number of carbonyl (C=O) groups is 3. The molecule has 0 aromatic heterocycles. The second-order valence-electron chi connectivity index (χ2n) is 4.87. The number of aliphatic carboxylic acids is 1. The van der Waals surface area contributed by atoms with Gasteiger partial charge in [-0.1, -0.05) is 6.42 Å². The van der Waals surface area contributed by atoms with Gasteiger partial charge in [-0.05, 0) is 12.8 Å². The summed E-state index contributed by atoms with van der Waals surface area (Å²) in [4.78, 5) is 34.2. The van der Waals surface area contributed by atoms with Gasteiger partial charge in [-0.25, -0.2) is 0 Å². The second-order valence-corrected chi connectivity index (χ2v) is 4.87. The molecule has 2 amide bonds. The largest absolute Gasteiger partial charge is 0.481 e. The average Bonchev–Trinajstić information content (AvgIpc) is 2.88. The molecule has 0 aromatic rings. The third-order valence-corrected chi connectivity index (χ3v) is 3.45. The summed E-state index contributed by atoms with van der Waals surface area (Å²) in [5.74, 6) is -2.40. The van der Waals surface area contributed by atoms with Crippen molar-refractivity contribution in [2.75, 3.05) is 26.8 Å². The van der Waals surface area contributed by atoms with Crippen LogP contribution in [0.1, 0.15) is 25.7 Å². The first-order valence-corrected chi connectivity index (χ1v) is 6.82. The Morgan fingerprint density at radius 2 is 1.85 bits per heavy atom. The Morgan fingerprint density at radius 3 is 2.50 bits per heavy atom. The van der Waals surface area contributed by atoms with E-state index in [9.17, 15) is 14.4 Å². The summed E-state index contributed by atoms with van der Waals surface area (Å²) in [6.07, 6.45) is 2.08. The third kappa shape index (κ3) is 5.16. The Bertz CT molecular complexity index is 359. The number of methoxy groups -OCH3 is 1. The van der Waals surface area contributed by atoms with Crippen molar-refractivity contribution in [2.24, 2.45) is 11.8 Å². The van der Waals surface area contributed by atoms with E-state index in [4.69, 9.17) is 9.84 Å². The van der Waals surface area contributed by atoms with Crippen LogP contribution >= 0.6 is 0 Å². The van der Waals surface area contributed by atoms with Gasteiger partial charge in [-0.3, -0.25) is 14.4 Å². The van der Waals surface area contributed by atoms with E-state index in [0.717, 1.165) is 6.42 Å². The monoisotopic (exact) mass is 286 g/mol. The van der Waals surface area contributed by atoms with E-state index >= 15 is 0 Å². The highest BCUT2D eigenvalue weighted by Gasteiger charge is 2.37.